The summed E-state index contributed by atoms with van der Waals surface area (Å²) in [4.78, 5) is 22.5. The van der Waals surface area contributed by atoms with Crippen molar-refractivity contribution in [3.8, 4) is 0 Å². The van der Waals surface area contributed by atoms with Crippen LogP contribution in [0.25, 0.3) is 0 Å². The maximum Gasteiger partial charge on any atom is 0.407 e. The molecule has 0 fully saturated rings. The molecule has 0 aliphatic carbocycles. The average Bonchev–Trinajstić information content (AvgIpc) is 2.38. The molecule has 21 heavy (non-hydrogen) atoms. The number of amides is 1. The molecule has 7 heteroatoms. The third-order valence-corrected chi connectivity index (χ3v) is 2.53. The van der Waals surface area contributed by atoms with Crippen LogP contribution < -0.4 is 10.6 Å². The smallest absolute Gasteiger partial charge is 0.407 e. The zero-order chi connectivity index (χ0) is 16.3. The minimum atomic E-state index is -0.495. The predicted octanol–water partition coefficient (Wildman–Crippen LogP) is 1.07. The van der Waals surface area contributed by atoms with Gasteiger partial charge in [0, 0.05) is 19.7 Å². The van der Waals surface area contributed by atoms with Crippen LogP contribution >= 0.6 is 0 Å². The number of hydrogen-bond donors (Lipinski definition) is 2. The molecule has 1 amide bonds. The second-order valence-corrected chi connectivity index (χ2v) is 5.68. The van der Waals surface area contributed by atoms with Gasteiger partial charge < -0.3 is 24.8 Å². The van der Waals surface area contributed by atoms with Gasteiger partial charge in [-0.05, 0) is 33.6 Å². The van der Waals surface area contributed by atoms with Crippen LogP contribution in [0.2, 0.25) is 0 Å². The quantitative estimate of drug-likeness (QED) is 0.489. The Labute approximate surface area is 126 Å². The summed E-state index contributed by atoms with van der Waals surface area (Å²) in [6.45, 7) is 6.59. The van der Waals surface area contributed by atoms with E-state index in [-0.39, 0.29) is 18.6 Å². The van der Waals surface area contributed by atoms with Crippen molar-refractivity contribution >= 4 is 12.1 Å². The van der Waals surface area contributed by atoms with E-state index in [0.29, 0.717) is 13.2 Å². The van der Waals surface area contributed by atoms with E-state index in [1.165, 1.54) is 7.11 Å². The highest BCUT2D eigenvalue weighted by molar-refractivity contribution is 5.71. The lowest BCUT2D eigenvalue weighted by atomic mass is 10.1. The Kier molecular flexibility index (Phi) is 9.73. The number of carbonyl (C=O) groups excluding carboxylic acids is 2. The molecule has 0 bridgehead atoms. The molecule has 0 aliphatic rings. The second kappa shape index (κ2) is 10.4. The molecular formula is C14H28N2O5. The molecule has 0 saturated heterocycles. The van der Waals surface area contributed by atoms with E-state index >= 15 is 0 Å². The highest BCUT2D eigenvalue weighted by Crippen LogP contribution is 2.06. The Bertz CT molecular complexity index is 315. The molecule has 0 aromatic heterocycles. The number of alkyl carbamates (subject to hydrolysis) is 1. The molecular weight excluding hydrogens is 276 g/mol. The van der Waals surface area contributed by atoms with Crippen molar-refractivity contribution < 1.29 is 23.8 Å². The van der Waals surface area contributed by atoms with Gasteiger partial charge in [0.25, 0.3) is 0 Å². The van der Waals surface area contributed by atoms with Gasteiger partial charge in [-0.2, -0.15) is 0 Å². The van der Waals surface area contributed by atoms with Crippen LogP contribution in [-0.2, 0) is 19.0 Å². The maximum atomic E-state index is 11.4. The summed E-state index contributed by atoms with van der Waals surface area (Å²) in [5.74, 6) is -0.317. The van der Waals surface area contributed by atoms with Gasteiger partial charge in [0.05, 0.1) is 20.3 Å². The standard InChI is InChI=1S/C14H28N2O5/c1-14(2,3)21-13(18)15-8-6-7-11(10-19-4)16-9-12(17)20-5/h11,16H,6-10H2,1-5H3,(H,15,18). The molecule has 124 valence electrons. The summed E-state index contributed by atoms with van der Waals surface area (Å²) in [5.41, 5.74) is -0.495. The first-order valence-corrected chi connectivity index (χ1v) is 7.04. The van der Waals surface area contributed by atoms with Crippen molar-refractivity contribution in [2.45, 2.75) is 45.3 Å². The van der Waals surface area contributed by atoms with Gasteiger partial charge >= 0.3 is 12.1 Å². The first-order valence-electron chi connectivity index (χ1n) is 7.04. The summed E-state index contributed by atoms with van der Waals surface area (Å²) < 4.78 is 14.8. The number of esters is 1. The van der Waals surface area contributed by atoms with Crippen LogP contribution in [0.4, 0.5) is 4.79 Å². The number of methoxy groups -OCH3 is 2. The fourth-order valence-electron chi connectivity index (χ4n) is 1.60. The van der Waals surface area contributed by atoms with E-state index in [1.807, 2.05) is 20.8 Å². The molecule has 0 aromatic carbocycles. The van der Waals surface area contributed by atoms with Crippen LogP contribution in [0.3, 0.4) is 0 Å². The molecule has 0 heterocycles. The molecule has 0 aliphatic heterocycles. The van der Waals surface area contributed by atoms with E-state index in [4.69, 9.17) is 9.47 Å². The summed E-state index contributed by atoms with van der Waals surface area (Å²) in [7, 11) is 2.95. The normalized spacial score (nSPS) is 12.6. The highest BCUT2D eigenvalue weighted by atomic mass is 16.6. The minimum Gasteiger partial charge on any atom is -0.468 e. The van der Waals surface area contributed by atoms with Crippen LogP contribution in [-0.4, -0.2) is 57.6 Å². The number of hydrogen-bond acceptors (Lipinski definition) is 6. The van der Waals surface area contributed by atoms with Gasteiger partial charge in [0.2, 0.25) is 0 Å². The lowest BCUT2D eigenvalue weighted by Gasteiger charge is -2.20. The van der Waals surface area contributed by atoms with E-state index in [9.17, 15) is 9.59 Å². The average molecular weight is 304 g/mol. The van der Waals surface area contributed by atoms with Gasteiger partial charge in [0.1, 0.15) is 5.60 Å². The third-order valence-electron chi connectivity index (χ3n) is 2.53. The zero-order valence-electron chi connectivity index (χ0n) is 13.7. The first-order chi connectivity index (χ1) is 9.78. The predicted molar refractivity (Wildman–Crippen MR) is 79.2 cm³/mol. The molecule has 0 saturated carbocycles. The Morgan fingerprint density at radius 3 is 2.38 bits per heavy atom. The summed E-state index contributed by atoms with van der Waals surface area (Å²) in [6.07, 6.45) is 1.09. The summed E-state index contributed by atoms with van der Waals surface area (Å²) in [5, 5.41) is 5.75. The first kappa shape index (κ1) is 19.7. The minimum absolute atomic E-state index is 0.0366. The molecule has 7 nitrogen and oxygen atoms in total. The topological polar surface area (TPSA) is 85.9 Å². The fraction of sp³-hybridized carbons (Fsp3) is 0.857. The number of ether oxygens (including phenoxy) is 3. The molecule has 1 unspecified atom stereocenters. The lowest BCUT2D eigenvalue weighted by molar-refractivity contribution is -0.139. The van der Waals surface area contributed by atoms with Crippen molar-refractivity contribution in [2.24, 2.45) is 0 Å². The molecule has 2 N–H and O–H groups in total. The third kappa shape index (κ3) is 12.1. The fourth-order valence-corrected chi connectivity index (χ4v) is 1.60. The van der Waals surface area contributed by atoms with Gasteiger partial charge in [-0.25, -0.2) is 4.79 Å². The number of carbonyl (C=O) groups is 2. The van der Waals surface area contributed by atoms with E-state index in [1.54, 1.807) is 7.11 Å². The second-order valence-electron chi connectivity index (χ2n) is 5.68. The van der Waals surface area contributed by atoms with Crippen molar-refractivity contribution in [1.82, 2.24) is 10.6 Å². The van der Waals surface area contributed by atoms with Crippen molar-refractivity contribution in [3.63, 3.8) is 0 Å². The lowest BCUT2D eigenvalue weighted by Crippen LogP contribution is -2.38. The van der Waals surface area contributed by atoms with Gasteiger partial charge in [-0.3, -0.25) is 4.79 Å². The Morgan fingerprint density at radius 2 is 1.86 bits per heavy atom. The van der Waals surface area contributed by atoms with Crippen LogP contribution in [0.15, 0.2) is 0 Å². The molecule has 1 atom stereocenters. The van der Waals surface area contributed by atoms with Crippen molar-refractivity contribution in [1.29, 1.82) is 0 Å². The van der Waals surface area contributed by atoms with Crippen molar-refractivity contribution in [3.05, 3.63) is 0 Å². The van der Waals surface area contributed by atoms with Crippen LogP contribution in [0, 0.1) is 0 Å². The number of nitrogens with one attached hydrogen (secondary N) is 2. The van der Waals surface area contributed by atoms with E-state index in [2.05, 4.69) is 15.4 Å². The largest absolute Gasteiger partial charge is 0.468 e. The van der Waals surface area contributed by atoms with E-state index < -0.39 is 11.7 Å². The van der Waals surface area contributed by atoms with Crippen molar-refractivity contribution in [2.75, 3.05) is 33.9 Å². The van der Waals surface area contributed by atoms with Crippen LogP contribution in [0.5, 0.6) is 0 Å². The van der Waals surface area contributed by atoms with Crippen LogP contribution in [0.1, 0.15) is 33.6 Å². The number of rotatable bonds is 9. The molecule has 0 radical (unpaired) electrons. The summed E-state index contributed by atoms with van der Waals surface area (Å²) in [6, 6.07) is 0.0366. The Morgan fingerprint density at radius 1 is 1.19 bits per heavy atom. The Balaban J connectivity index is 3.87. The van der Waals surface area contributed by atoms with Gasteiger partial charge in [-0.15, -0.1) is 0 Å². The molecule has 0 rings (SSSR count). The zero-order valence-corrected chi connectivity index (χ0v) is 13.7. The van der Waals surface area contributed by atoms with E-state index in [0.717, 1.165) is 12.8 Å². The monoisotopic (exact) mass is 304 g/mol. The highest BCUT2D eigenvalue weighted by Gasteiger charge is 2.16. The summed E-state index contributed by atoms with van der Waals surface area (Å²) >= 11 is 0. The molecule has 0 aromatic rings. The van der Waals surface area contributed by atoms with Gasteiger partial charge in [0.15, 0.2) is 0 Å². The Hall–Kier alpha value is -1.34. The molecule has 0 spiro atoms. The SMILES string of the molecule is COCC(CCCNC(=O)OC(C)(C)C)NCC(=O)OC. The van der Waals surface area contributed by atoms with Gasteiger partial charge in [-0.1, -0.05) is 0 Å². The maximum absolute atomic E-state index is 11.4.